The van der Waals surface area contributed by atoms with Crippen molar-refractivity contribution in [3.63, 3.8) is 0 Å². The second-order valence-electron chi connectivity index (χ2n) is 6.16. The maximum absolute atomic E-state index is 6.11. The van der Waals surface area contributed by atoms with Gasteiger partial charge < -0.3 is 4.74 Å². The fourth-order valence-corrected chi connectivity index (χ4v) is 3.20. The highest BCUT2D eigenvalue weighted by molar-refractivity contribution is 5.81. The van der Waals surface area contributed by atoms with Crippen LogP contribution in [0.1, 0.15) is 29.8 Å². The molecule has 1 aliphatic rings. The Morgan fingerprint density at radius 2 is 1.44 bits per heavy atom. The molecule has 1 unspecified atom stereocenters. The van der Waals surface area contributed by atoms with Crippen LogP contribution >= 0.6 is 0 Å². The van der Waals surface area contributed by atoms with Crippen LogP contribution in [0.25, 0.3) is 5.70 Å². The first kappa shape index (κ1) is 15.5. The first-order valence-corrected chi connectivity index (χ1v) is 8.71. The molecule has 1 heterocycles. The zero-order valence-corrected chi connectivity index (χ0v) is 14.3. The van der Waals surface area contributed by atoms with Gasteiger partial charge in [-0.25, -0.2) is 0 Å². The average Bonchev–Trinajstić information content (AvgIpc) is 3.14. The van der Waals surface area contributed by atoms with Crippen molar-refractivity contribution in [1.82, 2.24) is 0 Å². The number of para-hydroxylation sites is 1. The van der Waals surface area contributed by atoms with Crippen LogP contribution in [-0.4, -0.2) is 0 Å². The highest BCUT2D eigenvalue weighted by Gasteiger charge is 2.31. The number of hydrogen-bond acceptors (Lipinski definition) is 2. The van der Waals surface area contributed by atoms with Crippen LogP contribution < -0.4 is 4.90 Å². The van der Waals surface area contributed by atoms with Gasteiger partial charge in [0.05, 0.1) is 5.70 Å². The van der Waals surface area contributed by atoms with Gasteiger partial charge in [0.1, 0.15) is 6.26 Å². The van der Waals surface area contributed by atoms with E-state index in [1.165, 1.54) is 5.56 Å². The van der Waals surface area contributed by atoms with Gasteiger partial charge in [-0.05, 0) is 24.1 Å². The SMILES string of the molecule is CCc1ccc(C2OC=C(c3ccccc3)N2c2ccccc2)cc1. The molecule has 3 aromatic rings. The summed E-state index contributed by atoms with van der Waals surface area (Å²) in [5.41, 5.74) is 5.85. The Hall–Kier alpha value is -3.00. The van der Waals surface area contributed by atoms with Gasteiger partial charge in [0.2, 0.25) is 6.23 Å². The molecule has 0 N–H and O–H groups in total. The minimum Gasteiger partial charge on any atom is -0.471 e. The maximum Gasteiger partial charge on any atom is 0.202 e. The number of benzene rings is 3. The summed E-state index contributed by atoms with van der Waals surface area (Å²) in [5.74, 6) is 0. The van der Waals surface area contributed by atoms with Crippen molar-refractivity contribution in [3.05, 3.63) is 108 Å². The molecule has 0 aliphatic carbocycles. The Bertz CT molecular complexity index is 854. The molecule has 25 heavy (non-hydrogen) atoms. The zero-order chi connectivity index (χ0) is 17.1. The highest BCUT2D eigenvalue weighted by Crippen LogP contribution is 2.40. The lowest BCUT2D eigenvalue weighted by Gasteiger charge is -2.28. The molecule has 0 saturated carbocycles. The smallest absolute Gasteiger partial charge is 0.202 e. The molecule has 0 bridgehead atoms. The molecular weight excluding hydrogens is 306 g/mol. The third kappa shape index (κ3) is 3.03. The summed E-state index contributed by atoms with van der Waals surface area (Å²) < 4.78 is 6.11. The average molecular weight is 327 g/mol. The minimum atomic E-state index is -0.150. The molecule has 2 nitrogen and oxygen atoms in total. The van der Waals surface area contributed by atoms with E-state index in [1.54, 1.807) is 0 Å². The maximum atomic E-state index is 6.11. The summed E-state index contributed by atoms with van der Waals surface area (Å²) in [6, 6.07) is 29.5. The Kier molecular flexibility index (Phi) is 4.26. The molecule has 0 spiro atoms. The quantitative estimate of drug-likeness (QED) is 0.602. The van der Waals surface area contributed by atoms with Gasteiger partial charge in [0.15, 0.2) is 0 Å². The normalized spacial score (nSPS) is 16.4. The lowest BCUT2D eigenvalue weighted by Crippen LogP contribution is -2.23. The molecule has 0 radical (unpaired) electrons. The third-order valence-corrected chi connectivity index (χ3v) is 4.58. The zero-order valence-electron chi connectivity index (χ0n) is 14.3. The third-order valence-electron chi connectivity index (χ3n) is 4.58. The Morgan fingerprint density at radius 1 is 0.800 bits per heavy atom. The molecule has 0 amide bonds. The van der Waals surface area contributed by atoms with Crippen molar-refractivity contribution < 1.29 is 4.74 Å². The van der Waals surface area contributed by atoms with Crippen molar-refractivity contribution in [2.24, 2.45) is 0 Å². The van der Waals surface area contributed by atoms with E-state index in [9.17, 15) is 0 Å². The number of ether oxygens (including phenoxy) is 1. The van der Waals surface area contributed by atoms with E-state index in [0.717, 1.165) is 28.9 Å². The van der Waals surface area contributed by atoms with Gasteiger partial charge in [-0.3, -0.25) is 4.90 Å². The highest BCUT2D eigenvalue weighted by atomic mass is 16.5. The van der Waals surface area contributed by atoms with Crippen LogP contribution in [0.4, 0.5) is 5.69 Å². The van der Waals surface area contributed by atoms with Gasteiger partial charge in [0, 0.05) is 16.8 Å². The first-order valence-electron chi connectivity index (χ1n) is 8.71. The van der Waals surface area contributed by atoms with E-state index in [-0.39, 0.29) is 6.23 Å². The Labute approximate surface area is 149 Å². The summed E-state index contributed by atoms with van der Waals surface area (Å²) in [7, 11) is 0. The van der Waals surface area contributed by atoms with Crippen molar-refractivity contribution >= 4 is 11.4 Å². The van der Waals surface area contributed by atoms with Crippen molar-refractivity contribution in [3.8, 4) is 0 Å². The predicted molar refractivity (Wildman–Crippen MR) is 103 cm³/mol. The molecule has 0 aromatic heterocycles. The van der Waals surface area contributed by atoms with Gasteiger partial charge in [0.25, 0.3) is 0 Å². The number of aryl methyl sites for hydroxylation is 1. The molecule has 124 valence electrons. The van der Waals surface area contributed by atoms with E-state index < -0.39 is 0 Å². The lowest BCUT2D eigenvalue weighted by molar-refractivity contribution is 0.174. The largest absolute Gasteiger partial charge is 0.471 e. The number of rotatable bonds is 4. The lowest BCUT2D eigenvalue weighted by atomic mass is 10.1. The van der Waals surface area contributed by atoms with Crippen LogP contribution in [-0.2, 0) is 11.2 Å². The summed E-state index contributed by atoms with van der Waals surface area (Å²) in [6.45, 7) is 2.17. The van der Waals surface area contributed by atoms with Gasteiger partial charge >= 0.3 is 0 Å². The van der Waals surface area contributed by atoms with E-state index in [0.29, 0.717) is 0 Å². The summed E-state index contributed by atoms with van der Waals surface area (Å²) >= 11 is 0. The molecule has 2 heteroatoms. The second kappa shape index (κ2) is 6.86. The number of nitrogens with zero attached hydrogens (tertiary/aromatic N) is 1. The van der Waals surface area contributed by atoms with E-state index in [2.05, 4.69) is 84.6 Å². The molecule has 4 rings (SSSR count). The van der Waals surface area contributed by atoms with Crippen LogP contribution in [0.3, 0.4) is 0 Å². The fourth-order valence-electron chi connectivity index (χ4n) is 3.20. The summed E-state index contributed by atoms with van der Waals surface area (Å²) in [5, 5.41) is 0. The monoisotopic (exact) mass is 327 g/mol. The van der Waals surface area contributed by atoms with Gasteiger partial charge in [-0.15, -0.1) is 0 Å². The molecule has 0 saturated heterocycles. The van der Waals surface area contributed by atoms with Crippen LogP contribution in [0.2, 0.25) is 0 Å². The second-order valence-corrected chi connectivity index (χ2v) is 6.16. The van der Waals surface area contributed by atoms with E-state index in [1.807, 2.05) is 18.4 Å². The van der Waals surface area contributed by atoms with Crippen LogP contribution in [0.15, 0.2) is 91.2 Å². The van der Waals surface area contributed by atoms with Gasteiger partial charge in [-0.2, -0.15) is 0 Å². The Balaban J connectivity index is 1.75. The summed E-state index contributed by atoms with van der Waals surface area (Å²) in [6.07, 6.45) is 2.77. The molecule has 1 aliphatic heterocycles. The summed E-state index contributed by atoms with van der Waals surface area (Å²) in [4.78, 5) is 2.26. The minimum absolute atomic E-state index is 0.150. The van der Waals surface area contributed by atoms with Gasteiger partial charge in [-0.1, -0.05) is 79.7 Å². The van der Waals surface area contributed by atoms with E-state index in [4.69, 9.17) is 4.74 Å². The fraction of sp³-hybridized carbons (Fsp3) is 0.130. The van der Waals surface area contributed by atoms with Crippen LogP contribution in [0.5, 0.6) is 0 Å². The van der Waals surface area contributed by atoms with Crippen molar-refractivity contribution in [2.45, 2.75) is 19.6 Å². The van der Waals surface area contributed by atoms with Crippen LogP contribution in [0, 0.1) is 0 Å². The molecule has 3 aromatic carbocycles. The first-order chi connectivity index (χ1) is 12.4. The Morgan fingerprint density at radius 3 is 2.08 bits per heavy atom. The topological polar surface area (TPSA) is 12.5 Å². The predicted octanol–water partition coefficient (Wildman–Crippen LogP) is 5.78. The number of hydrogen-bond donors (Lipinski definition) is 0. The molecular formula is C23H21NO. The van der Waals surface area contributed by atoms with Crippen molar-refractivity contribution in [1.29, 1.82) is 0 Å². The van der Waals surface area contributed by atoms with E-state index >= 15 is 0 Å². The number of anilines is 1. The van der Waals surface area contributed by atoms with Crippen molar-refractivity contribution in [2.75, 3.05) is 4.90 Å². The molecule has 1 atom stereocenters. The molecule has 0 fully saturated rings. The standard InChI is InChI=1S/C23H21NO/c1-2-18-13-15-20(16-14-18)23-24(21-11-7-4-8-12-21)22(17-25-23)19-9-5-3-6-10-19/h3-17,23H,2H2,1H3.